The van der Waals surface area contributed by atoms with Crippen molar-refractivity contribution < 1.29 is 0 Å². The van der Waals surface area contributed by atoms with E-state index in [0.29, 0.717) is 5.82 Å². The first-order valence-corrected chi connectivity index (χ1v) is 23.4. The van der Waals surface area contributed by atoms with E-state index in [1.54, 1.807) is 0 Å². The number of benzene rings is 10. The summed E-state index contributed by atoms with van der Waals surface area (Å²) in [4.78, 5) is 10.5. The van der Waals surface area contributed by atoms with Gasteiger partial charge in [0.05, 0.1) is 16.8 Å². The Hall–Kier alpha value is -8.24. The number of nitrogens with zero attached hydrogens (tertiary/aromatic N) is 2. The molecule has 1 aliphatic carbocycles. The molecule has 0 spiro atoms. The summed E-state index contributed by atoms with van der Waals surface area (Å²) in [6.07, 6.45) is 0. The van der Waals surface area contributed by atoms with Crippen molar-refractivity contribution in [1.29, 1.82) is 0 Å². The van der Waals surface area contributed by atoms with Gasteiger partial charge in [-0.25, -0.2) is 9.97 Å². The average molecular weight is 857 g/mol. The Balaban J connectivity index is 0.973. The van der Waals surface area contributed by atoms with Crippen LogP contribution in [0.25, 0.3) is 98.2 Å². The molecule has 0 saturated carbocycles. The molecule has 0 bridgehead atoms. The van der Waals surface area contributed by atoms with E-state index in [0.717, 1.165) is 39.0 Å². The van der Waals surface area contributed by atoms with Gasteiger partial charge in [0.1, 0.15) is 0 Å². The Morgan fingerprint density at radius 1 is 0.303 bits per heavy atom. The Morgan fingerprint density at radius 2 is 0.848 bits per heavy atom. The zero-order valence-electron chi connectivity index (χ0n) is 35.9. The van der Waals surface area contributed by atoms with E-state index in [9.17, 15) is 0 Å². The van der Waals surface area contributed by atoms with Gasteiger partial charge in [0, 0.05) is 36.9 Å². The second-order valence-corrected chi connectivity index (χ2v) is 18.3. The minimum absolute atomic E-state index is 0.506. The van der Waals surface area contributed by atoms with Crippen molar-refractivity contribution in [3.63, 3.8) is 0 Å². The molecule has 2 aromatic heterocycles. The average Bonchev–Trinajstić information content (AvgIpc) is 3.93. The number of hydrogen-bond acceptors (Lipinski definition) is 3. The number of aromatic nitrogens is 2. The minimum atomic E-state index is -0.506. The van der Waals surface area contributed by atoms with Crippen LogP contribution in [0.1, 0.15) is 22.3 Å². The summed E-state index contributed by atoms with van der Waals surface area (Å²) in [5.41, 5.74) is 16.9. The lowest BCUT2D eigenvalue weighted by Gasteiger charge is -2.35. The Morgan fingerprint density at radius 3 is 1.62 bits per heavy atom. The van der Waals surface area contributed by atoms with Crippen LogP contribution in [0, 0.1) is 0 Å². The van der Waals surface area contributed by atoms with Crippen molar-refractivity contribution in [2.45, 2.75) is 5.41 Å². The molecule has 0 saturated heterocycles. The van der Waals surface area contributed by atoms with Crippen LogP contribution in [0.5, 0.6) is 0 Å². The maximum absolute atomic E-state index is 5.31. The number of hydrogen-bond donors (Lipinski definition) is 0. The van der Waals surface area contributed by atoms with Crippen LogP contribution in [0.15, 0.2) is 243 Å². The van der Waals surface area contributed by atoms with E-state index in [-0.39, 0.29) is 0 Å². The van der Waals surface area contributed by atoms with Crippen LogP contribution in [0.3, 0.4) is 0 Å². The first kappa shape index (κ1) is 38.2. The number of rotatable bonds is 7. The highest BCUT2D eigenvalue weighted by atomic mass is 32.1. The molecule has 66 heavy (non-hydrogen) atoms. The van der Waals surface area contributed by atoms with Gasteiger partial charge in [-0.05, 0) is 96.7 Å². The summed E-state index contributed by atoms with van der Waals surface area (Å²) in [6.45, 7) is 0. The Kier molecular flexibility index (Phi) is 8.97. The first-order valence-electron chi connectivity index (χ1n) is 22.6. The van der Waals surface area contributed by atoms with Gasteiger partial charge in [0.25, 0.3) is 0 Å². The molecule has 3 heteroatoms. The van der Waals surface area contributed by atoms with E-state index >= 15 is 0 Å². The maximum atomic E-state index is 5.31. The van der Waals surface area contributed by atoms with Gasteiger partial charge in [-0.2, -0.15) is 0 Å². The predicted octanol–water partition coefficient (Wildman–Crippen LogP) is 16.7. The van der Waals surface area contributed by atoms with E-state index in [2.05, 4.69) is 237 Å². The monoisotopic (exact) mass is 856 g/mol. The molecule has 2 nitrogen and oxygen atoms in total. The third kappa shape index (κ3) is 6.01. The summed E-state index contributed by atoms with van der Waals surface area (Å²) in [5, 5.41) is 4.85. The highest BCUT2D eigenvalue weighted by Crippen LogP contribution is 2.58. The molecule has 0 N–H and O–H groups in total. The number of fused-ring (bicyclic) bond motifs is 7. The summed E-state index contributed by atoms with van der Waals surface area (Å²) in [5.74, 6) is 0.707. The molecule has 0 amide bonds. The van der Waals surface area contributed by atoms with Gasteiger partial charge in [0.15, 0.2) is 5.82 Å². The van der Waals surface area contributed by atoms with E-state index in [1.807, 2.05) is 17.4 Å². The summed E-state index contributed by atoms with van der Waals surface area (Å²) in [6, 6.07) is 88.4. The fourth-order valence-electron chi connectivity index (χ4n) is 10.7. The third-order valence-electron chi connectivity index (χ3n) is 13.6. The maximum Gasteiger partial charge on any atom is 0.160 e. The molecular formula is C63H40N2S. The van der Waals surface area contributed by atoms with Crippen LogP contribution in [-0.4, -0.2) is 9.97 Å². The van der Waals surface area contributed by atoms with Crippen molar-refractivity contribution in [2.24, 2.45) is 0 Å². The molecule has 2 heterocycles. The highest BCUT2D eigenvalue weighted by molar-refractivity contribution is 7.25. The second kappa shape index (κ2) is 15.5. The molecule has 13 rings (SSSR count). The van der Waals surface area contributed by atoms with Crippen molar-refractivity contribution in [2.75, 3.05) is 0 Å². The van der Waals surface area contributed by atoms with Crippen molar-refractivity contribution >= 4 is 42.3 Å². The van der Waals surface area contributed by atoms with Crippen molar-refractivity contribution in [1.82, 2.24) is 9.97 Å². The largest absolute Gasteiger partial charge is 0.228 e. The third-order valence-corrected chi connectivity index (χ3v) is 14.7. The quantitative estimate of drug-likeness (QED) is 0.160. The molecule has 0 fully saturated rings. The zero-order valence-corrected chi connectivity index (χ0v) is 36.7. The summed E-state index contributed by atoms with van der Waals surface area (Å²) < 4.78 is 2.57. The molecule has 1 aliphatic rings. The van der Waals surface area contributed by atoms with E-state index in [4.69, 9.17) is 9.97 Å². The summed E-state index contributed by atoms with van der Waals surface area (Å²) >= 11 is 1.83. The normalized spacial score (nSPS) is 12.7. The summed E-state index contributed by atoms with van der Waals surface area (Å²) in [7, 11) is 0. The molecule has 10 aromatic carbocycles. The van der Waals surface area contributed by atoms with Gasteiger partial charge >= 0.3 is 0 Å². The molecular weight excluding hydrogens is 817 g/mol. The van der Waals surface area contributed by atoms with E-state index in [1.165, 1.54) is 75.6 Å². The van der Waals surface area contributed by atoms with Gasteiger partial charge in [-0.15, -0.1) is 11.3 Å². The minimum Gasteiger partial charge on any atom is -0.228 e. The fourth-order valence-corrected chi connectivity index (χ4v) is 11.8. The van der Waals surface area contributed by atoms with Crippen LogP contribution in [0.2, 0.25) is 0 Å². The van der Waals surface area contributed by atoms with Crippen molar-refractivity contribution in [3.05, 3.63) is 265 Å². The molecule has 0 aliphatic heterocycles. The topological polar surface area (TPSA) is 25.8 Å². The van der Waals surface area contributed by atoms with Crippen LogP contribution in [0.4, 0.5) is 0 Å². The van der Waals surface area contributed by atoms with E-state index < -0.39 is 5.41 Å². The SMILES string of the molecule is c1ccc(-c2nc(-c3ccc4sc5ccccc5c4c3)cc(-c3ccc(-c4cccc(-c5cccc6c5C(c5ccccc5)(c5ccccc5)c5ccccc5-6)c4)c4ccccc34)n2)cc1. The smallest absolute Gasteiger partial charge is 0.160 e. The van der Waals surface area contributed by atoms with Crippen LogP contribution >= 0.6 is 11.3 Å². The fraction of sp³-hybridized carbons (Fsp3) is 0.0159. The molecule has 0 radical (unpaired) electrons. The van der Waals surface area contributed by atoms with Gasteiger partial charge in [-0.1, -0.05) is 212 Å². The highest BCUT2D eigenvalue weighted by Gasteiger charge is 2.47. The first-order chi connectivity index (χ1) is 32.7. The lowest BCUT2D eigenvalue weighted by molar-refractivity contribution is 0.770. The lowest BCUT2D eigenvalue weighted by Crippen LogP contribution is -2.29. The van der Waals surface area contributed by atoms with Crippen LogP contribution in [-0.2, 0) is 5.41 Å². The van der Waals surface area contributed by atoms with Crippen molar-refractivity contribution in [3.8, 4) is 67.3 Å². The van der Waals surface area contributed by atoms with Gasteiger partial charge in [0.2, 0.25) is 0 Å². The Labute approximate surface area is 387 Å². The number of thiophene rings is 1. The predicted molar refractivity (Wildman–Crippen MR) is 277 cm³/mol. The lowest BCUT2D eigenvalue weighted by atomic mass is 9.66. The van der Waals surface area contributed by atoms with Crippen LogP contribution < -0.4 is 0 Å². The standard InChI is InChI=1S/C63H40N2S/c1-4-18-41(19-5-1)62-64-57(44-34-37-60-55(39-44)53-29-13-15-33-59(53)66-60)40-58(65-62)52-36-35-47(49-26-10-11-27-50(49)52)42-20-16-21-43(38-42)48-30-17-31-54-51-28-12-14-32-56(51)63(61(48)54,45-22-6-2-7-23-45)46-24-8-3-9-25-46/h1-40H. The van der Waals surface area contributed by atoms with Gasteiger partial charge in [-0.3, -0.25) is 0 Å². The molecule has 0 atom stereocenters. The molecule has 0 unspecified atom stereocenters. The molecule has 308 valence electrons. The molecule has 12 aromatic rings. The zero-order chi connectivity index (χ0) is 43.6. The van der Waals surface area contributed by atoms with Gasteiger partial charge < -0.3 is 0 Å². The Bertz CT molecular complexity index is 3780. The second-order valence-electron chi connectivity index (χ2n) is 17.2.